The van der Waals surface area contributed by atoms with Crippen molar-refractivity contribution in [3.05, 3.63) is 39.9 Å². The summed E-state index contributed by atoms with van der Waals surface area (Å²) in [5.41, 5.74) is 0.141. The first-order valence-electron chi connectivity index (χ1n) is 5.78. The highest BCUT2D eigenvalue weighted by atomic mass is 16.6. The highest BCUT2D eigenvalue weighted by Gasteiger charge is 2.28. The Hall–Kier alpha value is -2.24. The molecule has 6 nitrogen and oxygen atoms in total. The maximum absolute atomic E-state index is 11.7. The second-order valence-corrected chi connectivity index (χ2v) is 4.13. The van der Waals surface area contributed by atoms with Crippen molar-refractivity contribution in [2.45, 2.75) is 25.7 Å². The molecule has 1 aromatic rings. The van der Waals surface area contributed by atoms with E-state index in [0.29, 0.717) is 0 Å². The zero-order valence-electron chi connectivity index (χ0n) is 10.8. The van der Waals surface area contributed by atoms with Crippen molar-refractivity contribution in [2.24, 2.45) is 0 Å². The molecule has 1 atom stereocenters. The molecule has 1 aromatic carbocycles. The van der Waals surface area contributed by atoms with E-state index in [2.05, 4.69) is 4.74 Å². The molecule has 0 heterocycles. The average molecular weight is 265 g/mol. The summed E-state index contributed by atoms with van der Waals surface area (Å²) in [7, 11) is 1.22. The summed E-state index contributed by atoms with van der Waals surface area (Å²) < 4.78 is 4.66. The van der Waals surface area contributed by atoms with Crippen molar-refractivity contribution >= 4 is 17.4 Å². The van der Waals surface area contributed by atoms with Gasteiger partial charge >= 0.3 is 5.97 Å². The molecule has 0 aliphatic heterocycles. The zero-order chi connectivity index (χ0) is 14.4. The van der Waals surface area contributed by atoms with Gasteiger partial charge in [0.2, 0.25) is 0 Å². The molecule has 0 radical (unpaired) electrons. The maximum Gasteiger partial charge on any atom is 0.313 e. The van der Waals surface area contributed by atoms with Crippen LogP contribution in [0.15, 0.2) is 24.3 Å². The van der Waals surface area contributed by atoms with Crippen LogP contribution in [0.5, 0.6) is 0 Å². The summed E-state index contributed by atoms with van der Waals surface area (Å²) in [6.07, 6.45) is 0.374. The number of carbonyl (C=O) groups is 2. The van der Waals surface area contributed by atoms with Gasteiger partial charge in [-0.15, -0.1) is 0 Å². The minimum atomic E-state index is -0.796. The Kier molecular flexibility index (Phi) is 5.17. The molecule has 19 heavy (non-hydrogen) atoms. The summed E-state index contributed by atoms with van der Waals surface area (Å²) >= 11 is 0. The van der Waals surface area contributed by atoms with Crippen LogP contribution in [0.3, 0.4) is 0 Å². The van der Waals surface area contributed by atoms with E-state index in [4.69, 9.17) is 0 Å². The Morgan fingerprint density at radius 2 is 2.00 bits per heavy atom. The second-order valence-electron chi connectivity index (χ2n) is 4.13. The lowest BCUT2D eigenvalue weighted by atomic mass is 9.92. The van der Waals surface area contributed by atoms with Crippen molar-refractivity contribution in [1.29, 1.82) is 0 Å². The Morgan fingerprint density at radius 3 is 2.53 bits per heavy atom. The van der Waals surface area contributed by atoms with E-state index in [-0.39, 0.29) is 29.9 Å². The lowest BCUT2D eigenvalue weighted by molar-refractivity contribution is -0.385. The molecule has 102 valence electrons. The number of rotatable bonds is 6. The summed E-state index contributed by atoms with van der Waals surface area (Å²) in [5, 5.41) is 11.0. The minimum absolute atomic E-state index is 0.0764. The molecule has 0 N–H and O–H groups in total. The predicted molar refractivity (Wildman–Crippen MR) is 67.8 cm³/mol. The number of carbonyl (C=O) groups excluding carboxylic acids is 2. The van der Waals surface area contributed by atoms with Crippen LogP contribution >= 0.6 is 0 Å². The Morgan fingerprint density at radius 1 is 1.37 bits per heavy atom. The minimum Gasteiger partial charge on any atom is -0.469 e. The number of methoxy groups -OCH3 is 1. The first-order chi connectivity index (χ1) is 8.97. The molecular weight excluding hydrogens is 250 g/mol. The molecule has 1 unspecified atom stereocenters. The predicted octanol–water partition coefficient (Wildman–Crippen LogP) is 2.22. The Balaban J connectivity index is 3.13. The second kappa shape index (κ2) is 6.63. The number of nitro groups is 1. The van der Waals surface area contributed by atoms with Gasteiger partial charge < -0.3 is 9.53 Å². The highest BCUT2D eigenvalue weighted by Crippen LogP contribution is 2.30. The molecule has 0 spiro atoms. The normalized spacial score (nSPS) is 11.7. The average Bonchev–Trinajstić information content (AvgIpc) is 2.38. The van der Waals surface area contributed by atoms with E-state index in [1.807, 2.05) is 0 Å². The number of ether oxygens (including phenoxy) is 1. The number of Topliss-reactive ketones (excluding diaryl/α,β-unsaturated/α-hetero) is 1. The van der Waals surface area contributed by atoms with E-state index in [9.17, 15) is 19.7 Å². The number of hydrogen-bond donors (Lipinski definition) is 0. The van der Waals surface area contributed by atoms with Crippen LogP contribution in [-0.4, -0.2) is 23.8 Å². The van der Waals surface area contributed by atoms with Gasteiger partial charge in [-0.1, -0.05) is 18.2 Å². The summed E-state index contributed by atoms with van der Waals surface area (Å²) in [4.78, 5) is 33.2. The molecule has 0 aliphatic rings. The third kappa shape index (κ3) is 3.87. The van der Waals surface area contributed by atoms with Crippen molar-refractivity contribution in [2.75, 3.05) is 7.11 Å². The van der Waals surface area contributed by atoms with E-state index in [1.165, 1.54) is 32.2 Å². The highest BCUT2D eigenvalue weighted by molar-refractivity contribution is 5.81. The molecule has 1 rings (SSSR count). The molecule has 0 bridgehead atoms. The van der Waals surface area contributed by atoms with Gasteiger partial charge in [0, 0.05) is 18.1 Å². The van der Waals surface area contributed by atoms with Crippen LogP contribution in [0.1, 0.15) is 31.2 Å². The monoisotopic (exact) mass is 265 g/mol. The van der Waals surface area contributed by atoms with Gasteiger partial charge in [0.25, 0.3) is 5.69 Å². The number of ketones is 1. The fourth-order valence-corrected chi connectivity index (χ4v) is 1.84. The zero-order valence-corrected chi connectivity index (χ0v) is 10.8. The van der Waals surface area contributed by atoms with Crippen LogP contribution in [0.2, 0.25) is 0 Å². The van der Waals surface area contributed by atoms with Gasteiger partial charge in [-0.2, -0.15) is 0 Å². The molecule has 0 fully saturated rings. The first kappa shape index (κ1) is 14.8. The summed E-state index contributed by atoms with van der Waals surface area (Å²) in [6.45, 7) is 1.41. The van der Waals surface area contributed by atoms with Gasteiger partial charge in [0.15, 0.2) is 0 Å². The van der Waals surface area contributed by atoms with E-state index >= 15 is 0 Å². The fourth-order valence-electron chi connectivity index (χ4n) is 1.84. The number of nitro benzene ring substituents is 1. The fraction of sp³-hybridized carbons (Fsp3) is 0.385. The smallest absolute Gasteiger partial charge is 0.313 e. The third-order valence-corrected chi connectivity index (χ3v) is 2.78. The van der Waals surface area contributed by atoms with Gasteiger partial charge in [-0.3, -0.25) is 14.9 Å². The number of nitrogens with zero attached hydrogens (tertiary/aromatic N) is 1. The largest absolute Gasteiger partial charge is 0.469 e. The lowest BCUT2D eigenvalue weighted by Crippen LogP contribution is -2.16. The van der Waals surface area contributed by atoms with Gasteiger partial charge in [0.05, 0.1) is 18.0 Å². The van der Waals surface area contributed by atoms with Crippen LogP contribution in [0, 0.1) is 10.1 Å². The van der Waals surface area contributed by atoms with E-state index in [0.717, 1.165) is 0 Å². The first-order valence-corrected chi connectivity index (χ1v) is 5.78. The SMILES string of the molecule is COC(=O)C(CCC(C)=O)c1ccccc1[N+](=O)[O-]. The van der Waals surface area contributed by atoms with Gasteiger partial charge in [0.1, 0.15) is 5.78 Å². The van der Waals surface area contributed by atoms with Crippen molar-refractivity contribution in [3.63, 3.8) is 0 Å². The van der Waals surface area contributed by atoms with Crippen molar-refractivity contribution in [3.8, 4) is 0 Å². The van der Waals surface area contributed by atoms with E-state index in [1.54, 1.807) is 6.07 Å². The summed E-state index contributed by atoms with van der Waals surface area (Å²) in [6, 6.07) is 5.99. The van der Waals surface area contributed by atoms with Gasteiger partial charge in [-0.05, 0) is 13.3 Å². The van der Waals surface area contributed by atoms with Crippen LogP contribution in [-0.2, 0) is 14.3 Å². The number of hydrogen-bond acceptors (Lipinski definition) is 5. The van der Waals surface area contributed by atoms with Crippen LogP contribution < -0.4 is 0 Å². The molecule has 0 amide bonds. The quantitative estimate of drug-likeness (QED) is 0.447. The molecule has 0 aliphatic carbocycles. The number of para-hydroxylation sites is 1. The molecule has 0 saturated carbocycles. The lowest BCUT2D eigenvalue weighted by Gasteiger charge is -2.14. The number of benzene rings is 1. The topological polar surface area (TPSA) is 86.5 Å². The third-order valence-electron chi connectivity index (χ3n) is 2.78. The summed E-state index contributed by atoms with van der Waals surface area (Å²) in [5.74, 6) is -1.45. The Bertz CT molecular complexity index is 498. The van der Waals surface area contributed by atoms with Crippen molar-refractivity contribution in [1.82, 2.24) is 0 Å². The molecule has 0 aromatic heterocycles. The van der Waals surface area contributed by atoms with Crippen LogP contribution in [0.25, 0.3) is 0 Å². The molecule has 0 saturated heterocycles. The Labute approximate surface area is 110 Å². The molecule has 6 heteroatoms. The maximum atomic E-state index is 11.7. The van der Waals surface area contributed by atoms with Crippen LogP contribution in [0.4, 0.5) is 5.69 Å². The van der Waals surface area contributed by atoms with Gasteiger partial charge in [-0.25, -0.2) is 0 Å². The van der Waals surface area contributed by atoms with E-state index < -0.39 is 16.8 Å². The molecular formula is C13H15NO5. The standard InChI is InChI=1S/C13H15NO5/c1-9(15)7-8-11(13(16)19-2)10-5-3-4-6-12(10)14(17)18/h3-6,11H,7-8H2,1-2H3. The number of esters is 1. The van der Waals surface area contributed by atoms with Crippen molar-refractivity contribution < 1.29 is 19.2 Å².